The third-order valence-electron chi connectivity index (χ3n) is 6.96. The van der Waals surface area contributed by atoms with E-state index in [1.807, 2.05) is 20.0 Å². The Morgan fingerprint density at radius 1 is 1.14 bits per heavy atom. The lowest BCUT2D eigenvalue weighted by atomic mass is 9.97. The number of nitrogens with one attached hydrogen (secondary N) is 2. The Labute approximate surface area is 218 Å². The van der Waals surface area contributed by atoms with E-state index in [1.165, 1.54) is 11.1 Å². The molecule has 36 heavy (non-hydrogen) atoms. The molecule has 2 aliphatic rings. The highest BCUT2D eigenvalue weighted by Crippen LogP contribution is 2.26. The number of aliphatic hydroxyl groups is 1. The van der Waals surface area contributed by atoms with Gasteiger partial charge < -0.3 is 25.2 Å². The number of ether oxygens (including phenoxy) is 2. The molecule has 0 spiro atoms. The molecule has 0 aromatic rings. The maximum atomic E-state index is 12.2. The number of carbonyl (C=O) groups excluding carboxylic acids is 1. The highest BCUT2D eigenvalue weighted by molar-refractivity contribution is 5.87. The predicted molar refractivity (Wildman–Crippen MR) is 147 cm³/mol. The van der Waals surface area contributed by atoms with E-state index in [-0.39, 0.29) is 30.1 Å². The van der Waals surface area contributed by atoms with E-state index in [4.69, 9.17) is 9.47 Å². The van der Waals surface area contributed by atoms with Crippen LogP contribution in [-0.4, -0.2) is 55.2 Å². The van der Waals surface area contributed by atoms with Crippen molar-refractivity contribution in [3.8, 4) is 0 Å². The number of hydrogen-bond acceptors (Lipinski definition) is 5. The standard InChI is InChI=1S/C30H48N2O4/c1-21-12-8-7-9-13-23(3)20-32-28(34)15-11-10-14-24(4)27(17-16-22(2)18-21)36-29-19-26(33)30(31-6)25(5)35-29/h7-8,10-12,14-16,23-27,29-31,33H,9,13,17-20H2,1-6H3,(H,32,34)/b8-7-,14-10-,15-11-,21-12+,22-16-/t23-,24-,25+,26-,27-,29-,30+/m0/s1. The van der Waals surface area contributed by atoms with E-state index >= 15 is 0 Å². The van der Waals surface area contributed by atoms with Crippen molar-refractivity contribution < 1.29 is 19.4 Å². The summed E-state index contributed by atoms with van der Waals surface area (Å²) in [5, 5.41) is 16.7. The Kier molecular flexibility index (Phi) is 13.4. The zero-order valence-electron chi connectivity index (χ0n) is 23.1. The number of likely N-dealkylation sites (N-methyl/N-ethyl adjacent to an activating group) is 1. The molecule has 3 N–H and O–H groups in total. The van der Waals surface area contributed by atoms with Crippen molar-refractivity contribution in [2.75, 3.05) is 13.6 Å². The van der Waals surface area contributed by atoms with Gasteiger partial charge in [0.05, 0.1) is 24.4 Å². The van der Waals surface area contributed by atoms with E-state index in [2.05, 4.69) is 68.7 Å². The van der Waals surface area contributed by atoms with Crippen LogP contribution in [0.1, 0.15) is 66.7 Å². The van der Waals surface area contributed by atoms with Crippen LogP contribution in [-0.2, 0) is 14.3 Å². The molecule has 1 saturated heterocycles. The molecule has 1 amide bonds. The summed E-state index contributed by atoms with van der Waals surface area (Å²) in [5.41, 5.74) is 2.62. The van der Waals surface area contributed by atoms with Gasteiger partial charge in [-0.25, -0.2) is 0 Å². The largest absolute Gasteiger partial charge is 0.391 e. The van der Waals surface area contributed by atoms with Gasteiger partial charge in [-0.1, -0.05) is 67.5 Å². The van der Waals surface area contributed by atoms with E-state index < -0.39 is 12.4 Å². The lowest BCUT2D eigenvalue weighted by Gasteiger charge is -2.39. The number of carbonyl (C=O) groups is 1. The Balaban J connectivity index is 2.18. The van der Waals surface area contributed by atoms with Gasteiger partial charge in [-0.05, 0) is 59.4 Å². The fourth-order valence-electron chi connectivity index (χ4n) is 4.68. The van der Waals surface area contributed by atoms with Crippen molar-refractivity contribution in [2.24, 2.45) is 11.8 Å². The van der Waals surface area contributed by atoms with Crippen molar-refractivity contribution in [3.05, 3.63) is 59.8 Å². The Hall–Kier alpha value is -1.99. The molecule has 6 nitrogen and oxygen atoms in total. The monoisotopic (exact) mass is 500 g/mol. The van der Waals surface area contributed by atoms with Crippen molar-refractivity contribution in [1.82, 2.24) is 10.6 Å². The normalized spacial score (nSPS) is 39.5. The summed E-state index contributed by atoms with van der Waals surface area (Å²) < 4.78 is 12.5. The van der Waals surface area contributed by atoms with Crippen LogP contribution in [0.25, 0.3) is 0 Å². The summed E-state index contributed by atoms with van der Waals surface area (Å²) >= 11 is 0. The van der Waals surface area contributed by atoms with Crippen LogP contribution < -0.4 is 10.6 Å². The van der Waals surface area contributed by atoms with E-state index in [0.29, 0.717) is 18.9 Å². The maximum Gasteiger partial charge on any atom is 0.243 e. The lowest BCUT2D eigenvalue weighted by molar-refractivity contribution is -0.241. The molecule has 0 bridgehead atoms. The zero-order chi connectivity index (χ0) is 26.5. The molecule has 2 heterocycles. The van der Waals surface area contributed by atoms with Crippen molar-refractivity contribution >= 4 is 5.91 Å². The molecule has 0 aromatic carbocycles. The van der Waals surface area contributed by atoms with Gasteiger partial charge in [0.15, 0.2) is 6.29 Å². The number of amides is 1. The average Bonchev–Trinajstić information content (AvgIpc) is 2.82. The minimum atomic E-state index is -0.524. The van der Waals surface area contributed by atoms with Crippen LogP contribution in [0, 0.1) is 11.8 Å². The number of rotatable bonds is 3. The quantitative estimate of drug-likeness (QED) is 0.477. The first-order chi connectivity index (χ1) is 17.2. The first-order valence-corrected chi connectivity index (χ1v) is 13.5. The average molecular weight is 501 g/mol. The van der Waals surface area contributed by atoms with Gasteiger partial charge in [0.2, 0.25) is 5.91 Å². The van der Waals surface area contributed by atoms with Gasteiger partial charge in [0.25, 0.3) is 0 Å². The highest BCUT2D eigenvalue weighted by atomic mass is 16.7. The molecule has 202 valence electrons. The van der Waals surface area contributed by atoms with E-state index in [0.717, 1.165) is 25.7 Å². The van der Waals surface area contributed by atoms with Crippen LogP contribution >= 0.6 is 0 Å². The van der Waals surface area contributed by atoms with Crippen molar-refractivity contribution in [1.29, 1.82) is 0 Å². The molecule has 2 aliphatic heterocycles. The zero-order valence-corrected chi connectivity index (χ0v) is 23.1. The van der Waals surface area contributed by atoms with Gasteiger partial charge in [0.1, 0.15) is 0 Å². The Morgan fingerprint density at radius 3 is 2.64 bits per heavy atom. The molecule has 7 atom stereocenters. The number of allylic oxidation sites excluding steroid dienone is 7. The summed E-state index contributed by atoms with van der Waals surface area (Å²) in [6.07, 6.45) is 19.0. The molecule has 0 aromatic heterocycles. The van der Waals surface area contributed by atoms with Gasteiger partial charge >= 0.3 is 0 Å². The topological polar surface area (TPSA) is 79.8 Å². The smallest absolute Gasteiger partial charge is 0.243 e. The van der Waals surface area contributed by atoms with Gasteiger partial charge in [-0.15, -0.1) is 0 Å². The van der Waals surface area contributed by atoms with Crippen LogP contribution in [0.3, 0.4) is 0 Å². The second-order valence-corrected chi connectivity index (χ2v) is 10.5. The minimum absolute atomic E-state index is 0.0771. The van der Waals surface area contributed by atoms with Crippen LogP contribution in [0.2, 0.25) is 0 Å². The third kappa shape index (κ3) is 11.0. The van der Waals surface area contributed by atoms with Crippen molar-refractivity contribution in [2.45, 2.75) is 97.4 Å². The summed E-state index contributed by atoms with van der Waals surface area (Å²) in [5.74, 6) is 0.435. The fourth-order valence-corrected chi connectivity index (χ4v) is 4.68. The van der Waals surface area contributed by atoms with Gasteiger partial charge in [0, 0.05) is 25.0 Å². The molecule has 0 radical (unpaired) electrons. The predicted octanol–water partition coefficient (Wildman–Crippen LogP) is 4.98. The first kappa shape index (κ1) is 30.2. The van der Waals surface area contributed by atoms with E-state index in [1.54, 1.807) is 12.2 Å². The summed E-state index contributed by atoms with van der Waals surface area (Å²) in [4.78, 5) is 12.2. The molecule has 0 unspecified atom stereocenters. The minimum Gasteiger partial charge on any atom is -0.391 e. The summed E-state index contributed by atoms with van der Waals surface area (Å²) in [6.45, 7) is 11.2. The molecular formula is C30H48N2O4. The third-order valence-corrected chi connectivity index (χ3v) is 6.96. The van der Waals surface area contributed by atoms with Crippen LogP contribution in [0.5, 0.6) is 0 Å². The molecule has 6 heteroatoms. The van der Waals surface area contributed by atoms with Gasteiger partial charge in [-0.3, -0.25) is 4.79 Å². The molecule has 0 aliphatic carbocycles. The molecule has 2 rings (SSSR count). The SMILES string of the molecule is CN[C@H]1[C@@H](O)C[C@H](O[C@H]2C/C=C(/C)C/C(C)=C/C=C\CC[C@H](C)CNC(=O)/C=C\C=C/[C@@H]2C)O[C@@H]1C. The fraction of sp³-hybridized carbons (Fsp3) is 0.633. The summed E-state index contributed by atoms with van der Waals surface area (Å²) in [6, 6.07) is -0.105. The van der Waals surface area contributed by atoms with E-state index in [9.17, 15) is 9.90 Å². The second-order valence-electron chi connectivity index (χ2n) is 10.5. The maximum absolute atomic E-state index is 12.2. The Bertz CT molecular complexity index is 817. The first-order valence-electron chi connectivity index (χ1n) is 13.5. The molecule has 0 saturated carbocycles. The molecule has 1 fully saturated rings. The second kappa shape index (κ2) is 16.0. The Morgan fingerprint density at radius 2 is 1.92 bits per heavy atom. The number of aliphatic hydroxyl groups excluding tert-OH is 1. The van der Waals surface area contributed by atoms with Crippen LogP contribution in [0.15, 0.2) is 59.8 Å². The van der Waals surface area contributed by atoms with Crippen molar-refractivity contribution in [3.63, 3.8) is 0 Å². The lowest BCUT2D eigenvalue weighted by Crippen LogP contribution is -2.54. The molecular weight excluding hydrogens is 452 g/mol. The van der Waals surface area contributed by atoms with Gasteiger partial charge in [-0.2, -0.15) is 0 Å². The highest BCUT2D eigenvalue weighted by Gasteiger charge is 2.36. The summed E-state index contributed by atoms with van der Waals surface area (Å²) in [7, 11) is 1.84. The van der Waals surface area contributed by atoms with Crippen LogP contribution in [0.4, 0.5) is 0 Å². The number of hydrogen-bond donors (Lipinski definition) is 3.